The molecular formula is C17H16N2O2. The van der Waals surface area contributed by atoms with E-state index in [-0.39, 0.29) is 11.7 Å². The van der Waals surface area contributed by atoms with Gasteiger partial charge in [0.25, 0.3) is 0 Å². The van der Waals surface area contributed by atoms with E-state index in [4.69, 9.17) is 4.74 Å². The summed E-state index contributed by atoms with van der Waals surface area (Å²) in [5, 5.41) is 8.25. The molecule has 1 aliphatic heterocycles. The molecule has 0 N–H and O–H groups in total. The number of carbonyl (C=O) groups excluding carboxylic acids is 1. The van der Waals surface area contributed by atoms with Crippen LogP contribution in [0.1, 0.15) is 21.8 Å². The van der Waals surface area contributed by atoms with Crippen LogP contribution in [0.5, 0.6) is 5.75 Å². The Hall–Kier alpha value is -2.49. The van der Waals surface area contributed by atoms with Crippen LogP contribution in [0.3, 0.4) is 0 Å². The molecule has 4 heteroatoms. The first-order valence-electron chi connectivity index (χ1n) is 6.90. The van der Waals surface area contributed by atoms with E-state index in [1.54, 1.807) is 19.2 Å². The maximum Gasteiger partial charge on any atom is 0.193 e. The summed E-state index contributed by atoms with van der Waals surface area (Å²) in [6.07, 6.45) is 0. The van der Waals surface area contributed by atoms with Crippen molar-refractivity contribution in [1.29, 1.82) is 0 Å². The maximum absolute atomic E-state index is 12.8. The van der Waals surface area contributed by atoms with Gasteiger partial charge in [0, 0.05) is 5.92 Å². The highest BCUT2D eigenvalue weighted by atomic mass is 16.5. The molecule has 0 saturated heterocycles. The number of hydrogen-bond acceptors (Lipinski definition) is 4. The summed E-state index contributed by atoms with van der Waals surface area (Å²) in [7, 11) is 1.57. The molecule has 0 aliphatic carbocycles. The van der Waals surface area contributed by atoms with E-state index >= 15 is 0 Å². The lowest BCUT2D eigenvalue weighted by atomic mass is 9.88. The summed E-state index contributed by atoms with van der Waals surface area (Å²) in [5.41, 5.74) is 1.66. The lowest BCUT2D eigenvalue weighted by Gasteiger charge is -2.17. The highest BCUT2D eigenvalue weighted by Gasteiger charge is 2.34. The Kier molecular flexibility index (Phi) is 3.77. The van der Waals surface area contributed by atoms with Crippen molar-refractivity contribution in [1.82, 2.24) is 0 Å². The minimum Gasteiger partial charge on any atom is -0.496 e. The summed E-state index contributed by atoms with van der Waals surface area (Å²) in [4.78, 5) is 12.8. The topological polar surface area (TPSA) is 51.0 Å². The van der Waals surface area contributed by atoms with E-state index < -0.39 is 6.04 Å². The highest BCUT2D eigenvalue weighted by molar-refractivity contribution is 6.03. The second-order valence-electron chi connectivity index (χ2n) is 4.97. The van der Waals surface area contributed by atoms with Crippen molar-refractivity contribution in [2.24, 2.45) is 10.2 Å². The summed E-state index contributed by atoms with van der Waals surface area (Å²) < 4.78 is 5.27. The molecule has 2 aromatic carbocycles. The number of Topliss-reactive ketones (excluding diaryl/α,β-unsaturated/α-hetero) is 1. The van der Waals surface area contributed by atoms with Gasteiger partial charge in [0.1, 0.15) is 11.8 Å². The van der Waals surface area contributed by atoms with Crippen LogP contribution in [-0.2, 0) is 0 Å². The zero-order valence-corrected chi connectivity index (χ0v) is 11.8. The molecule has 4 nitrogen and oxygen atoms in total. The summed E-state index contributed by atoms with van der Waals surface area (Å²) >= 11 is 0. The number of ketones is 1. The molecule has 0 unspecified atom stereocenters. The van der Waals surface area contributed by atoms with Gasteiger partial charge in [0.05, 0.1) is 19.2 Å². The number of benzene rings is 2. The first-order chi connectivity index (χ1) is 10.3. The third kappa shape index (κ3) is 2.57. The predicted octanol–water partition coefficient (Wildman–Crippen LogP) is 3.50. The van der Waals surface area contributed by atoms with Gasteiger partial charge in [-0.2, -0.15) is 10.2 Å². The monoisotopic (exact) mass is 280 g/mol. The second kappa shape index (κ2) is 5.87. The van der Waals surface area contributed by atoms with Gasteiger partial charge in [-0.25, -0.2) is 0 Å². The highest BCUT2D eigenvalue weighted by Crippen LogP contribution is 2.31. The number of azo groups is 1. The number of rotatable bonds is 4. The predicted molar refractivity (Wildman–Crippen MR) is 80.0 cm³/mol. The molecule has 1 heterocycles. The van der Waals surface area contributed by atoms with Crippen LogP contribution in [0, 0.1) is 0 Å². The third-order valence-electron chi connectivity index (χ3n) is 3.73. The van der Waals surface area contributed by atoms with Gasteiger partial charge in [-0.15, -0.1) is 0 Å². The van der Waals surface area contributed by atoms with Crippen LogP contribution < -0.4 is 4.74 Å². The second-order valence-corrected chi connectivity index (χ2v) is 4.97. The van der Waals surface area contributed by atoms with Gasteiger partial charge < -0.3 is 4.74 Å². The summed E-state index contributed by atoms with van der Waals surface area (Å²) in [6.45, 7) is 0.551. The molecule has 0 aromatic heterocycles. The van der Waals surface area contributed by atoms with Gasteiger partial charge in [-0.1, -0.05) is 42.5 Å². The standard InChI is InChI=1S/C17H16N2O2/c1-21-15-10-6-5-9-13(15)17(20)16-14(11-18-19-16)12-7-3-2-4-8-12/h2-10,14,16H,11H2,1H3/t14-,16+/m1/s1. The minimum atomic E-state index is -0.469. The van der Waals surface area contributed by atoms with E-state index in [0.29, 0.717) is 17.9 Å². The van der Waals surface area contributed by atoms with Crippen LogP contribution in [0.2, 0.25) is 0 Å². The zero-order valence-electron chi connectivity index (χ0n) is 11.8. The smallest absolute Gasteiger partial charge is 0.193 e. The van der Waals surface area contributed by atoms with Crippen molar-refractivity contribution in [2.75, 3.05) is 13.7 Å². The van der Waals surface area contributed by atoms with Crippen LogP contribution in [-0.4, -0.2) is 25.5 Å². The largest absolute Gasteiger partial charge is 0.496 e. The fourth-order valence-electron chi connectivity index (χ4n) is 2.63. The number of methoxy groups -OCH3 is 1. The number of nitrogens with zero attached hydrogens (tertiary/aromatic N) is 2. The lowest BCUT2D eigenvalue weighted by Crippen LogP contribution is -2.25. The van der Waals surface area contributed by atoms with E-state index in [9.17, 15) is 4.79 Å². The van der Waals surface area contributed by atoms with Gasteiger partial charge >= 0.3 is 0 Å². The van der Waals surface area contributed by atoms with Gasteiger partial charge in [0.2, 0.25) is 0 Å². The van der Waals surface area contributed by atoms with Crippen LogP contribution >= 0.6 is 0 Å². The number of para-hydroxylation sites is 1. The Balaban J connectivity index is 1.92. The Morgan fingerprint density at radius 3 is 2.57 bits per heavy atom. The van der Waals surface area contributed by atoms with Crippen molar-refractivity contribution in [3.8, 4) is 5.75 Å². The van der Waals surface area contributed by atoms with Crippen LogP contribution in [0.25, 0.3) is 0 Å². The molecule has 0 radical (unpaired) electrons. The molecule has 21 heavy (non-hydrogen) atoms. The summed E-state index contributed by atoms with van der Waals surface area (Å²) in [5.74, 6) is 0.544. The zero-order chi connectivity index (χ0) is 14.7. The molecule has 0 bridgehead atoms. The molecule has 3 rings (SSSR count). The van der Waals surface area contributed by atoms with Crippen LogP contribution in [0.15, 0.2) is 64.8 Å². The van der Waals surface area contributed by atoms with Crippen molar-refractivity contribution in [2.45, 2.75) is 12.0 Å². The van der Waals surface area contributed by atoms with E-state index in [1.165, 1.54) is 0 Å². The van der Waals surface area contributed by atoms with Gasteiger partial charge in [-0.05, 0) is 17.7 Å². The molecule has 2 aromatic rings. The SMILES string of the molecule is COc1ccccc1C(=O)[C@H]1N=NC[C@@H]1c1ccccc1. The average Bonchev–Trinajstić information content (AvgIpc) is 3.04. The molecule has 0 saturated carbocycles. The minimum absolute atomic E-state index is 0.00334. The molecule has 2 atom stereocenters. The van der Waals surface area contributed by atoms with Crippen molar-refractivity contribution >= 4 is 5.78 Å². The Bertz CT molecular complexity index is 668. The molecule has 106 valence electrons. The quantitative estimate of drug-likeness (QED) is 0.805. The van der Waals surface area contributed by atoms with E-state index in [1.807, 2.05) is 42.5 Å². The van der Waals surface area contributed by atoms with Gasteiger partial charge in [0.15, 0.2) is 5.78 Å². The molecular weight excluding hydrogens is 264 g/mol. The fourth-order valence-corrected chi connectivity index (χ4v) is 2.63. The third-order valence-corrected chi connectivity index (χ3v) is 3.73. The maximum atomic E-state index is 12.8. The van der Waals surface area contributed by atoms with Gasteiger partial charge in [-0.3, -0.25) is 4.79 Å². The van der Waals surface area contributed by atoms with Crippen molar-refractivity contribution in [3.63, 3.8) is 0 Å². The number of ether oxygens (including phenoxy) is 1. The Labute approximate surface area is 123 Å². The summed E-state index contributed by atoms with van der Waals surface area (Å²) in [6, 6.07) is 16.7. The Morgan fingerprint density at radius 1 is 1.10 bits per heavy atom. The molecule has 1 aliphatic rings. The molecule has 0 amide bonds. The average molecular weight is 280 g/mol. The first-order valence-corrected chi connectivity index (χ1v) is 6.90. The fraction of sp³-hybridized carbons (Fsp3) is 0.235. The lowest BCUT2D eigenvalue weighted by molar-refractivity contribution is 0.0953. The first kappa shape index (κ1) is 13.5. The van der Waals surface area contributed by atoms with Crippen molar-refractivity contribution in [3.05, 3.63) is 65.7 Å². The van der Waals surface area contributed by atoms with Crippen molar-refractivity contribution < 1.29 is 9.53 Å². The Morgan fingerprint density at radius 2 is 1.81 bits per heavy atom. The number of hydrogen-bond donors (Lipinski definition) is 0. The normalized spacial score (nSPS) is 20.4. The van der Waals surface area contributed by atoms with Crippen LogP contribution in [0.4, 0.5) is 0 Å². The van der Waals surface area contributed by atoms with E-state index in [2.05, 4.69) is 10.2 Å². The molecule has 0 spiro atoms. The van der Waals surface area contributed by atoms with E-state index in [0.717, 1.165) is 5.56 Å². The number of carbonyl (C=O) groups is 1. The molecule has 0 fully saturated rings.